The fraction of sp³-hybridized carbons (Fsp3) is 0.105. The standard InChI is InChI=1S/C38H24F6N2/c1-22(2)24-8-10-26(11-9-24)35-33(28-14-18-31(19-15-28)38(42,43)44)32(27-12-16-30(17-13-27)37(39,40)41)34(36(35)29(20-45)21-46)25-6-4-23(3)5-7-25/h4-19H,1H2,2-3H3. The maximum atomic E-state index is 13.6. The molecular formula is C38H24F6N2. The molecule has 0 heterocycles. The van der Waals surface area contributed by atoms with Crippen LogP contribution in [0.1, 0.15) is 51.4 Å². The molecule has 4 aromatic carbocycles. The van der Waals surface area contributed by atoms with Crippen molar-refractivity contribution in [1.29, 1.82) is 10.5 Å². The van der Waals surface area contributed by atoms with Gasteiger partial charge in [0.25, 0.3) is 0 Å². The summed E-state index contributed by atoms with van der Waals surface area (Å²) in [4.78, 5) is 0. The lowest BCUT2D eigenvalue weighted by atomic mass is 9.87. The van der Waals surface area contributed by atoms with Gasteiger partial charge in [-0.15, -0.1) is 0 Å². The monoisotopic (exact) mass is 622 g/mol. The van der Waals surface area contributed by atoms with E-state index >= 15 is 0 Å². The molecule has 0 aliphatic heterocycles. The number of hydrogen-bond donors (Lipinski definition) is 0. The molecule has 0 radical (unpaired) electrons. The molecule has 1 aliphatic rings. The van der Waals surface area contributed by atoms with E-state index in [1.807, 2.05) is 38.1 Å². The molecule has 0 N–H and O–H groups in total. The molecule has 0 bridgehead atoms. The van der Waals surface area contributed by atoms with Crippen LogP contribution >= 0.6 is 0 Å². The summed E-state index contributed by atoms with van der Waals surface area (Å²) < 4.78 is 81.5. The summed E-state index contributed by atoms with van der Waals surface area (Å²) in [7, 11) is 0. The van der Waals surface area contributed by atoms with E-state index in [4.69, 9.17) is 0 Å². The SMILES string of the molecule is C=C(C)c1ccc(C2=C(c3ccc(C(F)(F)F)cc3)C(c3ccc(C(F)(F)F)cc3)=C(c3ccc(C)cc3)C2=C(C#N)C#N)cc1. The Morgan fingerprint density at radius 2 is 0.870 bits per heavy atom. The van der Waals surface area contributed by atoms with Crippen LogP contribution in [0.2, 0.25) is 0 Å². The number of alkyl halides is 6. The van der Waals surface area contributed by atoms with Crippen LogP contribution in [0.3, 0.4) is 0 Å². The van der Waals surface area contributed by atoms with Gasteiger partial charge >= 0.3 is 12.4 Å². The number of nitrogens with zero attached hydrogens (tertiary/aromatic N) is 2. The van der Waals surface area contributed by atoms with Crippen molar-refractivity contribution >= 4 is 27.9 Å². The molecule has 0 unspecified atom stereocenters. The van der Waals surface area contributed by atoms with Crippen LogP contribution in [-0.2, 0) is 12.4 Å². The van der Waals surface area contributed by atoms with Gasteiger partial charge in [-0.3, -0.25) is 0 Å². The van der Waals surface area contributed by atoms with Crippen molar-refractivity contribution in [3.05, 3.63) is 159 Å². The molecule has 0 atom stereocenters. The van der Waals surface area contributed by atoms with Gasteiger partial charge in [0.1, 0.15) is 17.7 Å². The highest BCUT2D eigenvalue weighted by molar-refractivity contribution is 6.35. The van der Waals surface area contributed by atoms with E-state index in [0.717, 1.165) is 41.0 Å². The van der Waals surface area contributed by atoms with Gasteiger partial charge in [-0.1, -0.05) is 90.5 Å². The third-order valence-corrected chi connectivity index (χ3v) is 7.73. The highest BCUT2D eigenvalue weighted by atomic mass is 19.4. The Hall–Kier alpha value is -5.60. The Bertz CT molecular complexity index is 1990. The molecule has 0 spiro atoms. The Labute approximate surface area is 262 Å². The minimum Gasteiger partial charge on any atom is -0.192 e. The van der Waals surface area contributed by atoms with Gasteiger partial charge in [0, 0.05) is 16.7 Å². The highest BCUT2D eigenvalue weighted by Crippen LogP contribution is 2.56. The predicted molar refractivity (Wildman–Crippen MR) is 167 cm³/mol. The van der Waals surface area contributed by atoms with Crippen LogP contribution in [-0.4, -0.2) is 0 Å². The van der Waals surface area contributed by atoms with Crippen LogP contribution < -0.4 is 0 Å². The van der Waals surface area contributed by atoms with Crippen molar-refractivity contribution in [3.8, 4) is 12.1 Å². The fourth-order valence-electron chi connectivity index (χ4n) is 5.46. The average molecular weight is 623 g/mol. The van der Waals surface area contributed by atoms with Crippen molar-refractivity contribution in [2.45, 2.75) is 26.2 Å². The smallest absolute Gasteiger partial charge is 0.192 e. The van der Waals surface area contributed by atoms with Crippen LogP contribution in [0.5, 0.6) is 0 Å². The van der Waals surface area contributed by atoms with Crippen molar-refractivity contribution in [3.63, 3.8) is 0 Å². The van der Waals surface area contributed by atoms with Crippen LogP contribution in [0.4, 0.5) is 26.3 Å². The third-order valence-electron chi connectivity index (χ3n) is 7.73. The van der Waals surface area contributed by atoms with Gasteiger partial charge in [-0.25, -0.2) is 0 Å². The van der Waals surface area contributed by atoms with E-state index in [2.05, 4.69) is 6.58 Å². The number of nitriles is 2. The zero-order valence-electron chi connectivity index (χ0n) is 24.6. The summed E-state index contributed by atoms with van der Waals surface area (Å²) in [5.74, 6) is 0. The van der Waals surface area contributed by atoms with E-state index in [9.17, 15) is 36.9 Å². The zero-order valence-corrected chi connectivity index (χ0v) is 24.6. The minimum absolute atomic E-state index is 0.224. The van der Waals surface area contributed by atoms with Crippen molar-refractivity contribution in [2.24, 2.45) is 0 Å². The average Bonchev–Trinajstić information content (AvgIpc) is 3.37. The Kier molecular flexibility index (Phi) is 8.34. The lowest BCUT2D eigenvalue weighted by molar-refractivity contribution is -0.138. The number of rotatable bonds is 5. The van der Waals surface area contributed by atoms with Crippen molar-refractivity contribution in [1.82, 2.24) is 0 Å². The van der Waals surface area contributed by atoms with E-state index in [1.165, 1.54) is 24.3 Å². The molecule has 0 fully saturated rings. The Balaban J connectivity index is 1.96. The largest absolute Gasteiger partial charge is 0.416 e. The molecule has 0 saturated carbocycles. The van der Waals surface area contributed by atoms with Gasteiger partial charge in [0.05, 0.1) is 11.1 Å². The third kappa shape index (κ3) is 6.03. The van der Waals surface area contributed by atoms with Crippen LogP contribution in [0, 0.1) is 29.6 Å². The maximum Gasteiger partial charge on any atom is 0.416 e. The quantitative estimate of drug-likeness (QED) is 0.164. The molecule has 0 amide bonds. The minimum atomic E-state index is -4.61. The molecule has 1 aliphatic carbocycles. The van der Waals surface area contributed by atoms with Gasteiger partial charge < -0.3 is 0 Å². The van der Waals surface area contributed by atoms with Crippen molar-refractivity contribution in [2.75, 3.05) is 0 Å². The fourth-order valence-corrected chi connectivity index (χ4v) is 5.46. The number of benzene rings is 4. The van der Waals surface area contributed by atoms with Gasteiger partial charge in [-0.05, 0) is 77.1 Å². The molecule has 0 saturated heterocycles. The van der Waals surface area contributed by atoms with E-state index < -0.39 is 23.5 Å². The summed E-state index contributed by atoms with van der Waals surface area (Å²) in [6.07, 6.45) is -9.21. The first-order valence-corrected chi connectivity index (χ1v) is 14.0. The van der Waals surface area contributed by atoms with E-state index in [-0.39, 0.29) is 11.1 Å². The second-order valence-electron chi connectivity index (χ2n) is 10.8. The molecule has 46 heavy (non-hydrogen) atoms. The van der Waals surface area contributed by atoms with E-state index in [0.29, 0.717) is 44.5 Å². The molecule has 4 aromatic rings. The second-order valence-corrected chi connectivity index (χ2v) is 10.8. The van der Waals surface area contributed by atoms with Gasteiger partial charge in [0.2, 0.25) is 0 Å². The number of aryl methyl sites for hydroxylation is 1. The lowest BCUT2D eigenvalue weighted by Gasteiger charge is -2.16. The van der Waals surface area contributed by atoms with Crippen molar-refractivity contribution < 1.29 is 26.3 Å². The molecule has 0 aromatic heterocycles. The first-order chi connectivity index (χ1) is 21.7. The summed E-state index contributed by atoms with van der Waals surface area (Å²) in [5.41, 5.74) is 3.97. The van der Waals surface area contributed by atoms with Crippen LogP contribution in [0.25, 0.3) is 27.9 Å². The van der Waals surface area contributed by atoms with Crippen LogP contribution in [0.15, 0.2) is 115 Å². The molecule has 228 valence electrons. The molecule has 5 rings (SSSR count). The second kappa shape index (κ2) is 12.1. The molecule has 8 heteroatoms. The maximum absolute atomic E-state index is 13.6. The first-order valence-electron chi connectivity index (χ1n) is 14.0. The lowest BCUT2D eigenvalue weighted by Crippen LogP contribution is -2.05. The number of hydrogen-bond acceptors (Lipinski definition) is 2. The topological polar surface area (TPSA) is 47.6 Å². The normalized spacial score (nSPS) is 13.5. The highest BCUT2D eigenvalue weighted by Gasteiger charge is 2.37. The van der Waals surface area contributed by atoms with E-state index in [1.54, 1.807) is 36.4 Å². The number of halogens is 6. The Morgan fingerprint density at radius 1 is 0.543 bits per heavy atom. The van der Waals surface area contributed by atoms with Gasteiger partial charge in [0.15, 0.2) is 0 Å². The first kappa shape index (κ1) is 31.8. The molecular weight excluding hydrogens is 598 g/mol. The van der Waals surface area contributed by atoms with Gasteiger partial charge in [-0.2, -0.15) is 36.9 Å². The summed E-state index contributed by atoms with van der Waals surface area (Å²) >= 11 is 0. The zero-order chi connectivity index (χ0) is 33.4. The Morgan fingerprint density at radius 3 is 1.20 bits per heavy atom. The number of allylic oxidation sites excluding steroid dienone is 7. The predicted octanol–water partition coefficient (Wildman–Crippen LogP) is 10.9. The summed E-state index contributed by atoms with van der Waals surface area (Å²) in [6, 6.07) is 27.1. The summed E-state index contributed by atoms with van der Waals surface area (Å²) in [6.45, 7) is 7.66. The summed E-state index contributed by atoms with van der Waals surface area (Å²) in [5, 5.41) is 20.4. The molecule has 2 nitrogen and oxygen atoms in total.